The van der Waals surface area contributed by atoms with E-state index >= 15 is 0 Å². The van der Waals surface area contributed by atoms with E-state index in [-0.39, 0.29) is 11.4 Å². The van der Waals surface area contributed by atoms with Crippen molar-refractivity contribution in [1.82, 2.24) is 9.71 Å². The molecule has 8 heteroatoms. The normalized spacial score (nSPS) is 11.7. The number of sulfonamides is 1. The van der Waals surface area contributed by atoms with Gasteiger partial charge >= 0.3 is 0 Å². The number of halogens is 2. The zero-order valence-electron chi connectivity index (χ0n) is 9.85. The summed E-state index contributed by atoms with van der Waals surface area (Å²) in [5, 5.41) is 2.54. The van der Waals surface area contributed by atoms with E-state index in [2.05, 4.69) is 41.6 Å². The molecule has 0 amide bonds. The Balaban J connectivity index is 2.27. The first-order valence-electron chi connectivity index (χ1n) is 5.24. The topological polar surface area (TPSA) is 59.1 Å². The highest BCUT2D eigenvalue weighted by atomic mass is 79.9. The van der Waals surface area contributed by atoms with Crippen molar-refractivity contribution < 1.29 is 8.42 Å². The summed E-state index contributed by atoms with van der Waals surface area (Å²) in [7, 11) is -3.57. The average molecular weight is 426 g/mol. The van der Waals surface area contributed by atoms with Crippen LogP contribution in [0.2, 0.25) is 0 Å². The largest absolute Gasteiger partial charge is 0.248 e. The van der Waals surface area contributed by atoms with Crippen LogP contribution in [0.3, 0.4) is 0 Å². The van der Waals surface area contributed by atoms with Crippen molar-refractivity contribution in [2.24, 2.45) is 0 Å². The summed E-state index contributed by atoms with van der Waals surface area (Å²) in [6.07, 6.45) is 1.65. The molecule has 0 saturated heterocycles. The Labute approximate surface area is 132 Å². The Morgan fingerprint density at radius 2 is 2.05 bits per heavy atom. The number of nitrogens with one attached hydrogen (secondary N) is 1. The van der Waals surface area contributed by atoms with E-state index in [0.29, 0.717) is 4.47 Å². The maximum atomic E-state index is 12.2. The van der Waals surface area contributed by atoms with Crippen molar-refractivity contribution in [3.05, 3.63) is 43.2 Å². The fourth-order valence-corrected chi connectivity index (χ4v) is 4.72. The van der Waals surface area contributed by atoms with E-state index in [0.717, 1.165) is 15.0 Å². The molecule has 4 nitrogen and oxygen atoms in total. The number of hydrogen-bond acceptors (Lipinski definition) is 4. The zero-order chi connectivity index (χ0) is 14.0. The molecule has 0 atom stereocenters. The second-order valence-corrected chi connectivity index (χ2v) is 8.21. The van der Waals surface area contributed by atoms with Crippen LogP contribution in [0.5, 0.6) is 0 Å². The predicted molar refractivity (Wildman–Crippen MR) is 82.7 cm³/mol. The summed E-state index contributed by atoms with van der Waals surface area (Å²) < 4.78 is 28.3. The molecule has 0 saturated carbocycles. The summed E-state index contributed by atoms with van der Waals surface area (Å²) in [6.45, 7) is 2.09. The third-order valence-electron chi connectivity index (χ3n) is 2.40. The van der Waals surface area contributed by atoms with Crippen LogP contribution in [-0.4, -0.2) is 13.4 Å². The Kier molecular flexibility index (Phi) is 4.78. The van der Waals surface area contributed by atoms with Gasteiger partial charge in [-0.1, -0.05) is 15.9 Å². The van der Waals surface area contributed by atoms with Crippen LogP contribution in [0, 0.1) is 6.92 Å². The molecule has 1 aromatic heterocycles. The van der Waals surface area contributed by atoms with E-state index < -0.39 is 10.0 Å². The lowest BCUT2D eigenvalue weighted by Gasteiger charge is -2.09. The first kappa shape index (κ1) is 15.1. The third kappa shape index (κ3) is 3.63. The summed E-state index contributed by atoms with van der Waals surface area (Å²) in [5.41, 5.74) is 0.964. The minimum atomic E-state index is -3.57. The maximum absolute atomic E-state index is 12.2. The van der Waals surface area contributed by atoms with Gasteiger partial charge in [0.15, 0.2) is 0 Å². The quantitative estimate of drug-likeness (QED) is 0.815. The molecule has 2 rings (SSSR count). The van der Waals surface area contributed by atoms with Crippen LogP contribution < -0.4 is 4.72 Å². The molecule has 19 heavy (non-hydrogen) atoms. The molecule has 2 aromatic rings. The van der Waals surface area contributed by atoms with E-state index in [1.807, 2.05) is 12.3 Å². The minimum absolute atomic E-state index is 0.192. The monoisotopic (exact) mass is 424 g/mol. The van der Waals surface area contributed by atoms with Crippen LogP contribution in [0.1, 0.15) is 10.6 Å². The number of rotatable bonds is 4. The number of thiazole rings is 1. The van der Waals surface area contributed by atoms with Gasteiger partial charge in [0.05, 0.1) is 11.4 Å². The molecular formula is C11H10Br2N2O2S2. The summed E-state index contributed by atoms with van der Waals surface area (Å²) in [6, 6.07) is 3.35. The van der Waals surface area contributed by atoms with Gasteiger partial charge in [0, 0.05) is 20.5 Å². The molecule has 0 bridgehead atoms. The van der Waals surface area contributed by atoms with E-state index in [4.69, 9.17) is 0 Å². The van der Waals surface area contributed by atoms with E-state index in [1.54, 1.807) is 18.3 Å². The minimum Gasteiger partial charge on any atom is -0.248 e. The van der Waals surface area contributed by atoms with Crippen LogP contribution in [0.4, 0.5) is 0 Å². The van der Waals surface area contributed by atoms with Crippen molar-refractivity contribution >= 4 is 53.2 Å². The van der Waals surface area contributed by atoms with Gasteiger partial charge < -0.3 is 0 Å². The van der Waals surface area contributed by atoms with Crippen molar-refractivity contribution in [2.75, 3.05) is 0 Å². The van der Waals surface area contributed by atoms with Crippen LogP contribution in [-0.2, 0) is 16.6 Å². The summed E-state index contributed by atoms with van der Waals surface area (Å²) in [4.78, 5) is 4.25. The predicted octanol–water partition coefficient (Wildman–Crippen LogP) is 3.46. The Morgan fingerprint density at radius 3 is 2.68 bits per heavy atom. The van der Waals surface area contributed by atoms with E-state index in [9.17, 15) is 8.42 Å². The van der Waals surface area contributed by atoms with Crippen molar-refractivity contribution in [3.8, 4) is 0 Å². The molecule has 102 valence electrons. The third-order valence-corrected chi connectivity index (χ3v) is 6.39. The van der Waals surface area contributed by atoms with Gasteiger partial charge in [0.1, 0.15) is 5.01 Å². The van der Waals surface area contributed by atoms with Crippen LogP contribution in [0.25, 0.3) is 0 Å². The first-order valence-corrected chi connectivity index (χ1v) is 9.19. The number of nitrogens with zero attached hydrogens (tertiary/aromatic N) is 1. The second kappa shape index (κ2) is 6.01. The van der Waals surface area contributed by atoms with Gasteiger partial charge in [-0.25, -0.2) is 18.1 Å². The smallest absolute Gasteiger partial charge is 0.242 e. The molecule has 0 aliphatic carbocycles. The molecule has 1 heterocycles. The molecule has 0 aliphatic heterocycles. The van der Waals surface area contributed by atoms with Gasteiger partial charge in [-0.2, -0.15) is 0 Å². The SMILES string of the molecule is Cc1cc(Br)c(S(=O)(=O)NCc2nccs2)cc1Br. The van der Waals surface area contributed by atoms with Gasteiger partial charge in [-0.05, 0) is 40.5 Å². The fourth-order valence-electron chi connectivity index (χ4n) is 1.41. The average Bonchev–Trinajstić information content (AvgIpc) is 2.84. The highest BCUT2D eigenvalue weighted by Crippen LogP contribution is 2.28. The standard InChI is InChI=1S/C11H10Br2N2O2S2/c1-7-4-9(13)10(5-8(7)12)19(16,17)15-6-11-14-2-3-18-11/h2-5,15H,6H2,1H3. The Morgan fingerprint density at radius 1 is 1.32 bits per heavy atom. The summed E-state index contributed by atoms with van der Waals surface area (Å²) in [5.74, 6) is 0. The molecule has 1 aromatic carbocycles. The van der Waals surface area contributed by atoms with Crippen LogP contribution >= 0.6 is 43.2 Å². The zero-order valence-corrected chi connectivity index (χ0v) is 14.7. The lowest BCUT2D eigenvalue weighted by atomic mass is 10.2. The number of benzene rings is 1. The molecule has 0 unspecified atom stereocenters. The Bertz CT molecular complexity index is 685. The highest BCUT2D eigenvalue weighted by Gasteiger charge is 2.19. The lowest BCUT2D eigenvalue weighted by Crippen LogP contribution is -2.23. The Hall–Kier alpha value is -0.280. The molecule has 0 fully saturated rings. The van der Waals surface area contributed by atoms with Crippen molar-refractivity contribution in [1.29, 1.82) is 0 Å². The fraction of sp³-hybridized carbons (Fsp3) is 0.182. The second-order valence-electron chi connectivity index (χ2n) is 3.78. The van der Waals surface area contributed by atoms with Gasteiger partial charge in [-0.15, -0.1) is 11.3 Å². The van der Waals surface area contributed by atoms with Crippen LogP contribution in [0.15, 0.2) is 37.6 Å². The maximum Gasteiger partial charge on any atom is 0.242 e. The first-order chi connectivity index (χ1) is 8.90. The molecule has 1 N–H and O–H groups in total. The number of aromatic nitrogens is 1. The lowest BCUT2D eigenvalue weighted by molar-refractivity contribution is 0.580. The van der Waals surface area contributed by atoms with Gasteiger partial charge in [0.25, 0.3) is 0 Å². The molecular weight excluding hydrogens is 416 g/mol. The van der Waals surface area contributed by atoms with Crippen molar-refractivity contribution in [3.63, 3.8) is 0 Å². The molecule has 0 aliphatic rings. The van der Waals surface area contributed by atoms with Gasteiger partial charge in [-0.3, -0.25) is 0 Å². The van der Waals surface area contributed by atoms with E-state index in [1.165, 1.54) is 11.3 Å². The molecule has 0 spiro atoms. The van der Waals surface area contributed by atoms with Gasteiger partial charge in [0.2, 0.25) is 10.0 Å². The highest BCUT2D eigenvalue weighted by molar-refractivity contribution is 9.11. The molecule has 0 radical (unpaired) electrons. The number of aryl methyl sites for hydroxylation is 1. The van der Waals surface area contributed by atoms with Crippen molar-refractivity contribution in [2.45, 2.75) is 18.4 Å². The number of hydrogen-bond donors (Lipinski definition) is 1. The summed E-state index contributed by atoms with van der Waals surface area (Å²) >= 11 is 8.03.